The highest BCUT2D eigenvalue weighted by atomic mass is 16.5. The molecule has 2 aromatic heterocycles. The topological polar surface area (TPSA) is 52.0 Å². The van der Waals surface area contributed by atoms with E-state index in [-0.39, 0.29) is 0 Å². The zero-order valence-electron chi connectivity index (χ0n) is 10.8. The van der Waals surface area contributed by atoms with E-state index in [1.54, 1.807) is 12.4 Å². The maximum atomic E-state index is 5.64. The summed E-state index contributed by atoms with van der Waals surface area (Å²) in [6.45, 7) is 5.67. The number of nitrogens with zero attached hydrogens (tertiary/aromatic N) is 3. The molecule has 0 aliphatic heterocycles. The zero-order chi connectivity index (χ0) is 12.8. The van der Waals surface area contributed by atoms with Gasteiger partial charge in [0.15, 0.2) is 11.6 Å². The molecule has 96 valence electrons. The molecule has 0 saturated carbocycles. The number of hydrogen-bond donors (Lipinski definition) is 1. The number of anilines is 2. The lowest BCUT2D eigenvalue weighted by atomic mass is 10.4. The first-order valence-corrected chi connectivity index (χ1v) is 6.20. The van der Waals surface area contributed by atoms with Gasteiger partial charge in [0.05, 0.1) is 18.5 Å². The number of rotatable bonds is 6. The molecule has 2 heterocycles. The Bertz CT molecular complexity index is 495. The molecule has 0 unspecified atom stereocenters. The van der Waals surface area contributed by atoms with Gasteiger partial charge in [0.25, 0.3) is 0 Å². The molecule has 0 saturated heterocycles. The number of nitrogens with one attached hydrogen (secondary N) is 1. The van der Waals surface area contributed by atoms with Crippen molar-refractivity contribution in [2.75, 3.05) is 11.9 Å². The average molecular weight is 246 g/mol. The first-order valence-electron chi connectivity index (χ1n) is 6.20. The summed E-state index contributed by atoms with van der Waals surface area (Å²) in [5, 5.41) is 7.42. The fourth-order valence-corrected chi connectivity index (χ4v) is 1.55. The van der Waals surface area contributed by atoms with Gasteiger partial charge in [0.2, 0.25) is 0 Å². The second-order valence-corrected chi connectivity index (χ2v) is 3.91. The van der Waals surface area contributed by atoms with Gasteiger partial charge in [-0.15, -0.1) is 0 Å². The third-order valence-corrected chi connectivity index (χ3v) is 2.45. The molecule has 0 spiro atoms. The van der Waals surface area contributed by atoms with E-state index in [1.807, 2.05) is 29.9 Å². The first-order chi connectivity index (χ1) is 8.83. The van der Waals surface area contributed by atoms with Crippen LogP contribution in [0.3, 0.4) is 0 Å². The van der Waals surface area contributed by atoms with Crippen molar-refractivity contribution in [2.24, 2.45) is 0 Å². The summed E-state index contributed by atoms with van der Waals surface area (Å²) in [6, 6.07) is 3.78. The Kier molecular flexibility index (Phi) is 4.17. The lowest BCUT2D eigenvalue weighted by Crippen LogP contribution is -2.00. The van der Waals surface area contributed by atoms with E-state index < -0.39 is 0 Å². The molecule has 0 bridgehead atoms. The van der Waals surface area contributed by atoms with E-state index in [1.165, 1.54) is 0 Å². The van der Waals surface area contributed by atoms with Crippen molar-refractivity contribution < 1.29 is 4.74 Å². The lowest BCUT2D eigenvalue weighted by Gasteiger charge is -2.10. The monoisotopic (exact) mass is 246 g/mol. The van der Waals surface area contributed by atoms with Gasteiger partial charge in [-0.2, -0.15) is 5.10 Å². The number of pyridine rings is 1. The van der Waals surface area contributed by atoms with Crippen molar-refractivity contribution in [3.8, 4) is 5.75 Å². The predicted molar refractivity (Wildman–Crippen MR) is 71.2 cm³/mol. The summed E-state index contributed by atoms with van der Waals surface area (Å²) >= 11 is 0. The summed E-state index contributed by atoms with van der Waals surface area (Å²) in [6.07, 6.45) is 6.44. The van der Waals surface area contributed by atoms with Crippen LogP contribution >= 0.6 is 0 Å². The van der Waals surface area contributed by atoms with E-state index in [0.29, 0.717) is 6.61 Å². The molecule has 0 fully saturated rings. The van der Waals surface area contributed by atoms with Crippen molar-refractivity contribution in [3.05, 3.63) is 30.7 Å². The standard InChI is InChI=1S/C13H18N4O/c1-3-8-18-12-6-5-7-14-13(12)16-11-9-15-17(4-2)10-11/h5-7,9-10H,3-4,8H2,1-2H3,(H,14,16). The molecule has 1 N–H and O–H groups in total. The number of ether oxygens (including phenoxy) is 1. The van der Waals surface area contributed by atoms with Crippen molar-refractivity contribution >= 4 is 11.5 Å². The van der Waals surface area contributed by atoms with Crippen LogP contribution in [0.15, 0.2) is 30.7 Å². The summed E-state index contributed by atoms with van der Waals surface area (Å²) in [7, 11) is 0. The van der Waals surface area contributed by atoms with E-state index in [0.717, 1.165) is 30.2 Å². The van der Waals surface area contributed by atoms with Gasteiger partial charge in [-0.25, -0.2) is 4.98 Å². The maximum absolute atomic E-state index is 5.64. The smallest absolute Gasteiger partial charge is 0.173 e. The van der Waals surface area contributed by atoms with E-state index in [9.17, 15) is 0 Å². The zero-order valence-corrected chi connectivity index (χ0v) is 10.8. The quantitative estimate of drug-likeness (QED) is 0.851. The lowest BCUT2D eigenvalue weighted by molar-refractivity contribution is 0.318. The number of aryl methyl sites for hydroxylation is 1. The molecular weight excluding hydrogens is 228 g/mol. The number of hydrogen-bond acceptors (Lipinski definition) is 4. The van der Waals surface area contributed by atoms with Crippen LogP contribution in [0.5, 0.6) is 5.75 Å². The van der Waals surface area contributed by atoms with Crippen molar-refractivity contribution in [1.82, 2.24) is 14.8 Å². The Morgan fingerprint density at radius 2 is 2.28 bits per heavy atom. The largest absolute Gasteiger partial charge is 0.490 e. The van der Waals surface area contributed by atoms with Crippen LogP contribution in [0.2, 0.25) is 0 Å². The Labute approximate surface area is 107 Å². The van der Waals surface area contributed by atoms with E-state index in [2.05, 4.69) is 22.3 Å². The predicted octanol–water partition coefficient (Wildman–Crippen LogP) is 2.83. The van der Waals surface area contributed by atoms with Crippen LogP contribution in [0.4, 0.5) is 11.5 Å². The van der Waals surface area contributed by atoms with Gasteiger partial charge >= 0.3 is 0 Å². The third kappa shape index (κ3) is 3.00. The van der Waals surface area contributed by atoms with Crippen LogP contribution < -0.4 is 10.1 Å². The first kappa shape index (κ1) is 12.4. The normalized spacial score (nSPS) is 10.3. The molecule has 2 aromatic rings. The van der Waals surface area contributed by atoms with Crippen molar-refractivity contribution in [2.45, 2.75) is 26.8 Å². The molecule has 0 aliphatic rings. The molecule has 18 heavy (non-hydrogen) atoms. The van der Waals surface area contributed by atoms with Crippen LogP contribution in [0.1, 0.15) is 20.3 Å². The van der Waals surface area contributed by atoms with E-state index >= 15 is 0 Å². The SMILES string of the molecule is CCCOc1cccnc1Nc1cnn(CC)c1. The summed E-state index contributed by atoms with van der Waals surface area (Å²) in [5.74, 6) is 1.49. The third-order valence-electron chi connectivity index (χ3n) is 2.45. The molecule has 5 nitrogen and oxygen atoms in total. The van der Waals surface area contributed by atoms with Crippen LogP contribution in [-0.4, -0.2) is 21.4 Å². The van der Waals surface area contributed by atoms with Gasteiger partial charge in [-0.05, 0) is 25.5 Å². The molecule has 0 amide bonds. The van der Waals surface area contributed by atoms with Crippen LogP contribution in [0.25, 0.3) is 0 Å². The second kappa shape index (κ2) is 6.05. The Balaban J connectivity index is 2.12. The summed E-state index contributed by atoms with van der Waals surface area (Å²) in [5.41, 5.74) is 0.914. The molecule has 0 radical (unpaired) electrons. The maximum Gasteiger partial charge on any atom is 0.173 e. The van der Waals surface area contributed by atoms with Gasteiger partial charge in [-0.3, -0.25) is 4.68 Å². The molecule has 0 aliphatic carbocycles. The highest BCUT2D eigenvalue weighted by Gasteiger charge is 2.05. The fourth-order valence-electron chi connectivity index (χ4n) is 1.55. The van der Waals surface area contributed by atoms with Crippen LogP contribution in [0, 0.1) is 0 Å². The summed E-state index contributed by atoms with van der Waals surface area (Å²) < 4.78 is 7.50. The summed E-state index contributed by atoms with van der Waals surface area (Å²) in [4.78, 5) is 4.29. The minimum Gasteiger partial charge on any atom is -0.490 e. The highest BCUT2D eigenvalue weighted by Crippen LogP contribution is 2.24. The van der Waals surface area contributed by atoms with Crippen LogP contribution in [-0.2, 0) is 6.54 Å². The van der Waals surface area contributed by atoms with Gasteiger partial charge in [-0.1, -0.05) is 6.92 Å². The van der Waals surface area contributed by atoms with Gasteiger partial charge in [0, 0.05) is 18.9 Å². The molecule has 5 heteroatoms. The second-order valence-electron chi connectivity index (χ2n) is 3.91. The minimum absolute atomic E-state index is 0.689. The van der Waals surface area contributed by atoms with Crippen molar-refractivity contribution in [1.29, 1.82) is 0 Å². The Morgan fingerprint density at radius 3 is 3.00 bits per heavy atom. The van der Waals surface area contributed by atoms with Gasteiger partial charge in [0.1, 0.15) is 0 Å². The highest BCUT2D eigenvalue weighted by molar-refractivity contribution is 5.60. The Morgan fingerprint density at radius 1 is 1.39 bits per heavy atom. The average Bonchev–Trinajstić information content (AvgIpc) is 2.85. The molecule has 0 atom stereocenters. The van der Waals surface area contributed by atoms with Crippen molar-refractivity contribution in [3.63, 3.8) is 0 Å². The minimum atomic E-state index is 0.689. The molecule has 2 rings (SSSR count). The van der Waals surface area contributed by atoms with E-state index in [4.69, 9.17) is 4.74 Å². The molecule has 0 aromatic carbocycles. The Hall–Kier alpha value is -2.04. The van der Waals surface area contributed by atoms with Gasteiger partial charge < -0.3 is 10.1 Å². The molecular formula is C13H18N4O. The fraction of sp³-hybridized carbons (Fsp3) is 0.385. The number of aromatic nitrogens is 3.